The van der Waals surface area contributed by atoms with E-state index in [0.717, 1.165) is 10.8 Å². The van der Waals surface area contributed by atoms with Crippen molar-refractivity contribution in [2.24, 2.45) is 0 Å². The van der Waals surface area contributed by atoms with E-state index in [0.29, 0.717) is 11.5 Å². The summed E-state index contributed by atoms with van der Waals surface area (Å²) in [4.78, 5) is 4.14. The molecule has 2 rings (SSSR count). The van der Waals surface area contributed by atoms with Crippen molar-refractivity contribution in [2.75, 3.05) is 19.5 Å². The zero-order valence-electron chi connectivity index (χ0n) is 9.06. The summed E-state index contributed by atoms with van der Waals surface area (Å²) in [5.41, 5.74) is 0.924. The van der Waals surface area contributed by atoms with Crippen LogP contribution >= 0.6 is 11.3 Å². The van der Waals surface area contributed by atoms with Gasteiger partial charge in [0.2, 0.25) is 0 Å². The molecule has 0 aliphatic rings. The standard InChI is InChI=1S/C11H12N2O2S/c1-14-9-4-3-8(7-10(9)15-2)13-11-12-5-6-16-11/h3-7H,1-2H3,(H,12,13). The normalized spacial score (nSPS) is 9.88. The second kappa shape index (κ2) is 4.85. The van der Waals surface area contributed by atoms with E-state index in [2.05, 4.69) is 10.3 Å². The predicted octanol–water partition coefficient (Wildman–Crippen LogP) is 2.90. The quantitative estimate of drug-likeness (QED) is 0.886. The Morgan fingerprint density at radius 2 is 2.00 bits per heavy atom. The maximum atomic E-state index is 5.21. The number of rotatable bonds is 4. The fourth-order valence-electron chi connectivity index (χ4n) is 1.32. The van der Waals surface area contributed by atoms with E-state index in [1.807, 2.05) is 23.6 Å². The molecule has 1 aromatic heterocycles. The van der Waals surface area contributed by atoms with E-state index in [-0.39, 0.29) is 0 Å². The molecule has 0 unspecified atom stereocenters. The highest BCUT2D eigenvalue weighted by Gasteiger charge is 2.05. The van der Waals surface area contributed by atoms with Crippen molar-refractivity contribution in [3.63, 3.8) is 0 Å². The van der Waals surface area contributed by atoms with Gasteiger partial charge in [0.15, 0.2) is 16.6 Å². The smallest absolute Gasteiger partial charge is 0.187 e. The van der Waals surface area contributed by atoms with Crippen molar-refractivity contribution in [2.45, 2.75) is 0 Å². The molecule has 0 saturated carbocycles. The predicted molar refractivity (Wildman–Crippen MR) is 64.9 cm³/mol. The Hall–Kier alpha value is -1.75. The molecule has 1 heterocycles. The van der Waals surface area contributed by atoms with Gasteiger partial charge >= 0.3 is 0 Å². The summed E-state index contributed by atoms with van der Waals surface area (Å²) >= 11 is 1.55. The molecule has 84 valence electrons. The summed E-state index contributed by atoms with van der Waals surface area (Å²) < 4.78 is 10.4. The van der Waals surface area contributed by atoms with Crippen LogP contribution in [-0.2, 0) is 0 Å². The van der Waals surface area contributed by atoms with Crippen molar-refractivity contribution in [3.05, 3.63) is 29.8 Å². The van der Waals surface area contributed by atoms with E-state index >= 15 is 0 Å². The van der Waals surface area contributed by atoms with Gasteiger partial charge < -0.3 is 14.8 Å². The lowest BCUT2D eigenvalue weighted by atomic mass is 10.3. The number of nitrogens with zero attached hydrogens (tertiary/aromatic N) is 1. The third-order valence-corrected chi connectivity index (χ3v) is 2.76. The topological polar surface area (TPSA) is 43.4 Å². The number of hydrogen-bond donors (Lipinski definition) is 1. The molecule has 5 heteroatoms. The Balaban J connectivity index is 2.22. The minimum absolute atomic E-state index is 0.698. The average molecular weight is 236 g/mol. The molecule has 0 spiro atoms. The zero-order valence-corrected chi connectivity index (χ0v) is 9.88. The average Bonchev–Trinajstić information content (AvgIpc) is 2.81. The summed E-state index contributed by atoms with van der Waals surface area (Å²) in [7, 11) is 3.23. The number of benzene rings is 1. The Morgan fingerprint density at radius 1 is 1.19 bits per heavy atom. The van der Waals surface area contributed by atoms with Crippen LogP contribution in [0.2, 0.25) is 0 Å². The second-order valence-corrected chi connectivity index (χ2v) is 3.93. The molecule has 16 heavy (non-hydrogen) atoms. The van der Waals surface area contributed by atoms with Gasteiger partial charge in [0.05, 0.1) is 14.2 Å². The van der Waals surface area contributed by atoms with Gasteiger partial charge in [-0.15, -0.1) is 11.3 Å². The Labute approximate surface area is 97.9 Å². The minimum atomic E-state index is 0.698. The van der Waals surface area contributed by atoms with Gasteiger partial charge in [-0.2, -0.15) is 0 Å². The number of methoxy groups -OCH3 is 2. The van der Waals surface area contributed by atoms with E-state index < -0.39 is 0 Å². The molecule has 1 N–H and O–H groups in total. The van der Waals surface area contributed by atoms with Gasteiger partial charge in [0.1, 0.15) is 0 Å². The highest BCUT2D eigenvalue weighted by molar-refractivity contribution is 7.13. The molecule has 0 saturated heterocycles. The van der Waals surface area contributed by atoms with Gasteiger partial charge in [0.25, 0.3) is 0 Å². The fourth-order valence-corrected chi connectivity index (χ4v) is 1.87. The molecule has 1 aromatic carbocycles. The molecular weight excluding hydrogens is 224 g/mol. The van der Waals surface area contributed by atoms with Crippen LogP contribution in [0, 0.1) is 0 Å². The number of hydrogen-bond acceptors (Lipinski definition) is 5. The molecule has 0 bridgehead atoms. The SMILES string of the molecule is COc1ccc(Nc2nccs2)cc1OC. The second-order valence-electron chi connectivity index (χ2n) is 3.03. The number of thiazole rings is 1. The molecule has 0 radical (unpaired) electrons. The van der Waals surface area contributed by atoms with E-state index in [4.69, 9.17) is 9.47 Å². The first-order chi connectivity index (χ1) is 7.83. The maximum Gasteiger partial charge on any atom is 0.187 e. The van der Waals surface area contributed by atoms with Crippen molar-refractivity contribution in [1.29, 1.82) is 0 Å². The van der Waals surface area contributed by atoms with Crippen LogP contribution in [-0.4, -0.2) is 19.2 Å². The Bertz CT molecular complexity index is 457. The first-order valence-electron chi connectivity index (χ1n) is 4.72. The number of nitrogens with one attached hydrogen (secondary N) is 1. The number of anilines is 2. The van der Waals surface area contributed by atoms with Crippen molar-refractivity contribution in [1.82, 2.24) is 4.98 Å². The highest BCUT2D eigenvalue weighted by Crippen LogP contribution is 2.31. The van der Waals surface area contributed by atoms with Gasteiger partial charge in [0, 0.05) is 23.3 Å². The first kappa shape index (κ1) is 10.8. The van der Waals surface area contributed by atoms with Crippen LogP contribution in [0.15, 0.2) is 29.8 Å². The van der Waals surface area contributed by atoms with Crippen LogP contribution in [0.5, 0.6) is 11.5 Å². The minimum Gasteiger partial charge on any atom is -0.493 e. The number of ether oxygens (including phenoxy) is 2. The van der Waals surface area contributed by atoms with Gasteiger partial charge in [-0.1, -0.05) is 0 Å². The zero-order chi connectivity index (χ0) is 11.4. The molecule has 4 nitrogen and oxygen atoms in total. The van der Waals surface area contributed by atoms with Crippen LogP contribution in [0.25, 0.3) is 0 Å². The van der Waals surface area contributed by atoms with Crippen LogP contribution in [0.3, 0.4) is 0 Å². The molecular formula is C11H12N2O2S. The lowest BCUT2D eigenvalue weighted by Gasteiger charge is -2.09. The van der Waals surface area contributed by atoms with Crippen molar-refractivity contribution in [3.8, 4) is 11.5 Å². The lowest BCUT2D eigenvalue weighted by Crippen LogP contribution is -1.93. The summed E-state index contributed by atoms with van der Waals surface area (Å²) in [5, 5.41) is 5.96. The first-order valence-corrected chi connectivity index (χ1v) is 5.60. The summed E-state index contributed by atoms with van der Waals surface area (Å²) in [5.74, 6) is 1.41. The van der Waals surface area contributed by atoms with Crippen LogP contribution in [0.1, 0.15) is 0 Å². The molecule has 0 fully saturated rings. The summed E-state index contributed by atoms with van der Waals surface area (Å²) in [6, 6.07) is 5.65. The number of aromatic nitrogens is 1. The Kier molecular flexibility index (Phi) is 3.26. The fraction of sp³-hybridized carbons (Fsp3) is 0.182. The molecule has 0 atom stereocenters. The van der Waals surface area contributed by atoms with Crippen LogP contribution in [0.4, 0.5) is 10.8 Å². The lowest BCUT2D eigenvalue weighted by molar-refractivity contribution is 0.355. The molecule has 0 amide bonds. The molecule has 0 aliphatic carbocycles. The summed E-state index contributed by atoms with van der Waals surface area (Å²) in [6.45, 7) is 0. The monoisotopic (exact) mass is 236 g/mol. The highest BCUT2D eigenvalue weighted by atomic mass is 32.1. The van der Waals surface area contributed by atoms with Crippen molar-refractivity contribution >= 4 is 22.2 Å². The third-order valence-electron chi connectivity index (χ3n) is 2.07. The maximum absolute atomic E-state index is 5.21. The largest absolute Gasteiger partial charge is 0.493 e. The van der Waals surface area contributed by atoms with E-state index in [1.54, 1.807) is 31.8 Å². The molecule has 2 aromatic rings. The van der Waals surface area contributed by atoms with Crippen molar-refractivity contribution < 1.29 is 9.47 Å². The molecule has 0 aliphatic heterocycles. The Morgan fingerprint density at radius 3 is 2.62 bits per heavy atom. The van der Waals surface area contributed by atoms with Crippen LogP contribution < -0.4 is 14.8 Å². The van der Waals surface area contributed by atoms with Gasteiger partial charge in [-0.05, 0) is 12.1 Å². The van der Waals surface area contributed by atoms with E-state index in [1.165, 1.54) is 0 Å². The summed E-state index contributed by atoms with van der Waals surface area (Å²) in [6.07, 6.45) is 1.76. The van der Waals surface area contributed by atoms with Gasteiger partial charge in [-0.3, -0.25) is 0 Å². The van der Waals surface area contributed by atoms with E-state index in [9.17, 15) is 0 Å². The van der Waals surface area contributed by atoms with Gasteiger partial charge in [-0.25, -0.2) is 4.98 Å². The third kappa shape index (κ3) is 2.25.